The lowest BCUT2D eigenvalue weighted by Gasteiger charge is -2.18. The molecule has 0 aliphatic rings. The van der Waals surface area contributed by atoms with Crippen LogP contribution in [-0.4, -0.2) is 28.8 Å². The van der Waals surface area contributed by atoms with E-state index in [0.717, 1.165) is 5.56 Å². The molecular formula is C11H16N2O2. The molecule has 1 aromatic carbocycles. The van der Waals surface area contributed by atoms with Crippen LogP contribution in [0.3, 0.4) is 0 Å². The van der Waals surface area contributed by atoms with Crippen LogP contribution in [0, 0.1) is 0 Å². The summed E-state index contributed by atoms with van der Waals surface area (Å²) in [6, 6.07) is 9.49. The van der Waals surface area contributed by atoms with Gasteiger partial charge in [0, 0.05) is 13.0 Å². The first-order valence-corrected chi connectivity index (χ1v) is 4.86. The van der Waals surface area contributed by atoms with Crippen molar-refractivity contribution in [2.24, 2.45) is 5.73 Å². The molecule has 0 aliphatic heterocycles. The number of hydrogen-bond acceptors (Lipinski definition) is 3. The molecule has 0 fully saturated rings. The molecule has 15 heavy (non-hydrogen) atoms. The van der Waals surface area contributed by atoms with Gasteiger partial charge in [0.1, 0.15) is 0 Å². The predicted molar refractivity (Wildman–Crippen MR) is 57.3 cm³/mol. The number of hydrogen-bond donors (Lipinski definition) is 2. The number of carbonyl (C=O) groups is 1. The third-order valence-electron chi connectivity index (χ3n) is 2.11. The van der Waals surface area contributed by atoms with E-state index in [0.29, 0.717) is 11.5 Å². The molecule has 0 unspecified atom stereocenters. The molecular weight excluding hydrogens is 192 g/mol. The fourth-order valence-corrected chi connectivity index (χ4v) is 1.33. The molecule has 0 saturated carbocycles. The average molecular weight is 208 g/mol. The fraction of sp³-hybridized carbons (Fsp3) is 0.364. The predicted octanol–water partition coefficient (Wildman–Crippen LogP) is 0.794. The van der Waals surface area contributed by atoms with Gasteiger partial charge in [0.25, 0.3) is 0 Å². The molecule has 4 heteroatoms. The summed E-state index contributed by atoms with van der Waals surface area (Å²) in [4.78, 5) is 10.8. The summed E-state index contributed by atoms with van der Waals surface area (Å²) >= 11 is 0. The normalized spacial score (nSPS) is 12.2. The summed E-state index contributed by atoms with van der Waals surface area (Å²) in [5, 5.41) is 9.83. The van der Waals surface area contributed by atoms with E-state index < -0.39 is 5.91 Å². The van der Waals surface area contributed by atoms with E-state index in [1.165, 1.54) is 6.92 Å². The van der Waals surface area contributed by atoms with Gasteiger partial charge in [-0.3, -0.25) is 10.0 Å². The van der Waals surface area contributed by atoms with E-state index in [2.05, 4.69) is 0 Å². The van der Waals surface area contributed by atoms with Crippen molar-refractivity contribution in [1.82, 2.24) is 5.06 Å². The van der Waals surface area contributed by atoms with Gasteiger partial charge in [0.15, 0.2) is 0 Å². The first-order valence-electron chi connectivity index (χ1n) is 4.86. The molecule has 1 rings (SSSR count). The van der Waals surface area contributed by atoms with Gasteiger partial charge in [-0.15, -0.1) is 0 Å². The van der Waals surface area contributed by atoms with E-state index in [1.807, 2.05) is 30.3 Å². The minimum absolute atomic E-state index is 0.157. The monoisotopic (exact) mass is 208 g/mol. The van der Waals surface area contributed by atoms with Gasteiger partial charge < -0.3 is 5.73 Å². The number of nitrogens with two attached hydrogens (primary N) is 1. The maximum absolute atomic E-state index is 10.8. The number of amides is 1. The van der Waals surface area contributed by atoms with Crippen molar-refractivity contribution in [3.63, 3.8) is 0 Å². The van der Waals surface area contributed by atoms with Crippen LogP contribution in [0.15, 0.2) is 30.3 Å². The van der Waals surface area contributed by atoms with Gasteiger partial charge in [-0.25, -0.2) is 5.06 Å². The molecule has 0 aliphatic carbocycles. The topological polar surface area (TPSA) is 66.6 Å². The second kappa shape index (κ2) is 5.48. The molecule has 0 spiro atoms. The van der Waals surface area contributed by atoms with Crippen LogP contribution in [0.5, 0.6) is 0 Å². The molecule has 0 heterocycles. The number of benzene rings is 1. The summed E-state index contributed by atoms with van der Waals surface area (Å²) in [6.45, 7) is 1.46. The highest BCUT2D eigenvalue weighted by molar-refractivity contribution is 5.71. The van der Waals surface area contributed by atoms with Crippen molar-refractivity contribution in [2.45, 2.75) is 19.4 Å². The molecule has 0 saturated heterocycles. The average Bonchev–Trinajstić information content (AvgIpc) is 2.18. The van der Waals surface area contributed by atoms with E-state index in [1.54, 1.807) is 0 Å². The van der Waals surface area contributed by atoms with Crippen molar-refractivity contribution in [3.8, 4) is 0 Å². The fourth-order valence-electron chi connectivity index (χ4n) is 1.33. The lowest BCUT2D eigenvalue weighted by Crippen LogP contribution is -2.39. The number of carbonyl (C=O) groups excluding carboxylic acids is 1. The van der Waals surface area contributed by atoms with Crippen LogP contribution in [0.2, 0.25) is 0 Å². The standard InChI is InChI=1S/C11H16N2O2/c1-9(14)13(15)8-11(12)7-10-5-3-2-4-6-10/h2-6,11,15H,7-8,12H2,1H3/t11-/m1/s1. The minimum Gasteiger partial charge on any atom is -0.326 e. The zero-order valence-electron chi connectivity index (χ0n) is 8.76. The molecule has 82 valence electrons. The van der Waals surface area contributed by atoms with Gasteiger partial charge in [-0.2, -0.15) is 0 Å². The lowest BCUT2D eigenvalue weighted by atomic mass is 10.1. The van der Waals surface area contributed by atoms with Crippen LogP contribution in [0.1, 0.15) is 12.5 Å². The SMILES string of the molecule is CC(=O)N(O)C[C@H](N)Cc1ccccc1. The third-order valence-corrected chi connectivity index (χ3v) is 2.11. The van der Waals surface area contributed by atoms with E-state index in [-0.39, 0.29) is 12.6 Å². The maximum atomic E-state index is 10.8. The summed E-state index contributed by atoms with van der Waals surface area (Å²) < 4.78 is 0. The molecule has 0 aromatic heterocycles. The summed E-state index contributed by atoms with van der Waals surface area (Å²) in [6.07, 6.45) is 0.644. The van der Waals surface area contributed by atoms with Crippen LogP contribution in [0.25, 0.3) is 0 Å². The Morgan fingerprint density at radius 1 is 1.47 bits per heavy atom. The van der Waals surface area contributed by atoms with Crippen LogP contribution < -0.4 is 5.73 Å². The highest BCUT2D eigenvalue weighted by Crippen LogP contribution is 2.02. The quantitative estimate of drug-likeness (QED) is 0.568. The lowest BCUT2D eigenvalue weighted by molar-refractivity contribution is -0.163. The second-order valence-corrected chi connectivity index (χ2v) is 3.55. The Balaban J connectivity index is 2.43. The first-order chi connectivity index (χ1) is 7.09. The Kier molecular flexibility index (Phi) is 4.27. The van der Waals surface area contributed by atoms with Crippen molar-refractivity contribution < 1.29 is 10.0 Å². The Bertz CT molecular complexity index is 314. The van der Waals surface area contributed by atoms with Gasteiger partial charge in [0.2, 0.25) is 5.91 Å². The molecule has 3 N–H and O–H groups in total. The zero-order valence-corrected chi connectivity index (χ0v) is 8.76. The van der Waals surface area contributed by atoms with Gasteiger partial charge >= 0.3 is 0 Å². The first kappa shape index (κ1) is 11.7. The molecule has 1 aromatic rings. The Morgan fingerprint density at radius 2 is 2.07 bits per heavy atom. The van der Waals surface area contributed by atoms with Crippen molar-refractivity contribution >= 4 is 5.91 Å². The Morgan fingerprint density at radius 3 is 2.60 bits per heavy atom. The van der Waals surface area contributed by atoms with Gasteiger partial charge in [0.05, 0.1) is 6.54 Å². The molecule has 1 amide bonds. The minimum atomic E-state index is -0.390. The third kappa shape index (κ3) is 4.10. The number of nitrogens with zero attached hydrogens (tertiary/aromatic N) is 1. The smallest absolute Gasteiger partial charge is 0.242 e. The zero-order chi connectivity index (χ0) is 11.3. The van der Waals surface area contributed by atoms with E-state index in [9.17, 15) is 10.0 Å². The van der Waals surface area contributed by atoms with Gasteiger partial charge in [-0.05, 0) is 12.0 Å². The van der Waals surface area contributed by atoms with Crippen molar-refractivity contribution in [3.05, 3.63) is 35.9 Å². The van der Waals surface area contributed by atoms with Crippen LogP contribution >= 0.6 is 0 Å². The molecule has 0 bridgehead atoms. The molecule has 0 radical (unpaired) electrons. The van der Waals surface area contributed by atoms with Crippen molar-refractivity contribution in [2.75, 3.05) is 6.54 Å². The van der Waals surface area contributed by atoms with Crippen LogP contribution in [-0.2, 0) is 11.2 Å². The van der Waals surface area contributed by atoms with Gasteiger partial charge in [-0.1, -0.05) is 30.3 Å². The summed E-state index contributed by atoms with van der Waals surface area (Å²) in [5.41, 5.74) is 6.89. The van der Waals surface area contributed by atoms with E-state index >= 15 is 0 Å². The molecule has 4 nitrogen and oxygen atoms in total. The van der Waals surface area contributed by atoms with E-state index in [4.69, 9.17) is 5.73 Å². The Labute approximate surface area is 89.3 Å². The number of rotatable bonds is 4. The Hall–Kier alpha value is -1.39. The second-order valence-electron chi connectivity index (χ2n) is 3.55. The summed E-state index contributed by atoms with van der Waals surface area (Å²) in [5.74, 6) is -0.390. The largest absolute Gasteiger partial charge is 0.326 e. The highest BCUT2D eigenvalue weighted by atomic mass is 16.5. The summed E-state index contributed by atoms with van der Waals surface area (Å²) in [7, 11) is 0. The van der Waals surface area contributed by atoms with Crippen molar-refractivity contribution in [1.29, 1.82) is 0 Å². The maximum Gasteiger partial charge on any atom is 0.242 e. The van der Waals surface area contributed by atoms with Crippen LogP contribution in [0.4, 0.5) is 0 Å². The molecule has 1 atom stereocenters. The highest BCUT2D eigenvalue weighted by Gasteiger charge is 2.11. The number of hydroxylamine groups is 2.